The minimum absolute atomic E-state index is 0.0220. The van der Waals surface area contributed by atoms with Crippen LogP contribution >= 0.6 is 0 Å². The Kier molecular flexibility index (Phi) is 8.20. The van der Waals surface area contributed by atoms with E-state index in [2.05, 4.69) is 10.1 Å². The monoisotopic (exact) mass is 409 g/mol. The molecule has 0 aliphatic carbocycles. The molecule has 0 spiro atoms. The molecular formula is C20H21F2NO6. The molecule has 0 unspecified atom stereocenters. The highest BCUT2D eigenvalue weighted by Gasteiger charge is 2.16. The molecular weight excluding hydrogens is 388 g/mol. The maximum absolute atomic E-state index is 12.4. The molecule has 2 rings (SSSR count). The average Bonchev–Trinajstić information content (AvgIpc) is 2.72. The zero-order valence-corrected chi connectivity index (χ0v) is 15.9. The first kappa shape index (κ1) is 21.9. The molecule has 0 aliphatic heterocycles. The van der Waals surface area contributed by atoms with Gasteiger partial charge in [0.1, 0.15) is 5.75 Å². The minimum atomic E-state index is -3.03. The molecule has 1 amide bonds. The fourth-order valence-corrected chi connectivity index (χ4v) is 2.31. The smallest absolute Gasteiger partial charge is 0.387 e. The summed E-state index contributed by atoms with van der Waals surface area (Å²) in [7, 11) is 1.56. The van der Waals surface area contributed by atoms with Gasteiger partial charge in [0.2, 0.25) is 0 Å². The van der Waals surface area contributed by atoms with Crippen molar-refractivity contribution < 1.29 is 37.3 Å². The van der Waals surface area contributed by atoms with Crippen LogP contribution in [0.5, 0.6) is 17.2 Å². The fourth-order valence-electron chi connectivity index (χ4n) is 2.31. The van der Waals surface area contributed by atoms with E-state index in [0.29, 0.717) is 5.75 Å². The van der Waals surface area contributed by atoms with Crippen LogP contribution in [0.1, 0.15) is 22.8 Å². The van der Waals surface area contributed by atoms with Crippen LogP contribution in [-0.4, -0.2) is 38.8 Å². The zero-order valence-electron chi connectivity index (χ0n) is 15.9. The summed E-state index contributed by atoms with van der Waals surface area (Å²) in [4.78, 5) is 24.0. The second-order valence-electron chi connectivity index (χ2n) is 5.67. The number of carbonyl (C=O) groups is 2. The SMILES string of the molecule is CCOc1cc(C(=O)OCC(=O)NCc2ccc(OC)cc2)ccc1OC(F)F. The summed E-state index contributed by atoms with van der Waals surface area (Å²) in [6.07, 6.45) is 0. The van der Waals surface area contributed by atoms with Gasteiger partial charge in [-0.3, -0.25) is 4.79 Å². The minimum Gasteiger partial charge on any atom is -0.497 e. The van der Waals surface area contributed by atoms with E-state index >= 15 is 0 Å². The predicted molar refractivity (Wildman–Crippen MR) is 99.4 cm³/mol. The first-order chi connectivity index (χ1) is 13.9. The Morgan fingerprint density at radius 1 is 1.07 bits per heavy atom. The van der Waals surface area contributed by atoms with Crippen molar-refractivity contribution in [1.29, 1.82) is 0 Å². The van der Waals surface area contributed by atoms with Crippen LogP contribution in [-0.2, 0) is 16.1 Å². The summed E-state index contributed by atoms with van der Waals surface area (Å²) in [5, 5.41) is 2.62. The van der Waals surface area contributed by atoms with Crippen molar-refractivity contribution >= 4 is 11.9 Å². The molecule has 0 atom stereocenters. The van der Waals surface area contributed by atoms with E-state index in [1.807, 2.05) is 0 Å². The lowest BCUT2D eigenvalue weighted by Crippen LogP contribution is -2.28. The highest BCUT2D eigenvalue weighted by molar-refractivity contribution is 5.92. The largest absolute Gasteiger partial charge is 0.497 e. The second kappa shape index (κ2) is 10.8. The number of alkyl halides is 2. The van der Waals surface area contributed by atoms with Crippen LogP contribution in [0.25, 0.3) is 0 Å². The lowest BCUT2D eigenvalue weighted by molar-refractivity contribution is -0.124. The van der Waals surface area contributed by atoms with Crippen LogP contribution in [0.3, 0.4) is 0 Å². The molecule has 156 valence electrons. The van der Waals surface area contributed by atoms with Gasteiger partial charge in [0.05, 0.1) is 19.3 Å². The Morgan fingerprint density at radius 3 is 2.41 bits per heavy atom. The third-order valence-corrected chi connectivity index (χ3v) is 3.68. The van der Waals surface area contributed by atoms with Gasteiger partial charge in [0, 0.05) is 6.54 Å². The number of carbonyl (C=O) groups excluding carboxylic acids is 2. The lowest BCUT2D eigenvalue weighted by atomic mass is 10.2. The van der Waals surface area contributed by atoms with E-state index in [4.69, 9.17) is 14.2 Å². The van der Waals surface area contributed by atoms with Gasteiger partial charge >= 0.3 is 12.6 Å². The molecule has 2 aromatic rings. The van der Waals surface area contributed by atoms with E-state index in [1.165, 1.54) is 18.2 Å². The van der Waals surface area contributed by atoms with Gasteiger partial charge in [-0.15, -0.1) is 0 Å². The summed E-state index contributed by atoms with van der Waals surface area (Å²) in [5.41, 5.74) is 0.888. The Labute approximate surface area is 166 Å². The first-order valence-electron chi connectivity index (χ1n) is 8.71. The highest BCUT2D eigenvalue weighted by atomic mass is 19.3. The number of hydrogen-bond donors (Lipinski definition) is 1. The van der Waals surface area contributed by atoms with E-state index in [9.17, 15) is 18.4 Å². The van der Waals surface area contributed by atoms with Crippen LogP contribution in [0, 0.1) is 0 Å². The first-order valence-corrected chi connectivity index (χ1v) is 8.71. The van der Waals surface area contributed by atoms with Gasteiger partial charge in [-0.25, -0.2) is 4.79 Å². The van der Waals surface area contributed by atoms with Crippen molar-refractivity contribution in [3.05, 3.63) is 53.6 Å². The Balaban J connectivity index is 1.88. The second-order valence-corrected chi connectivity index (χ2v) is 5.67. The summed E-state index contributed by atoms with van der Waals surface area (Å²) < 4.78 is 44.4. The van der Waals surface area contributed by atoms with Gasteiger partial charge in [-0.05, 0) is 42.8 Å². The zero-order chi connectivity index (χ0) is 21.2. The van der Waals surface area contributed by atoms with Gasteiger partial charge in [0.25, 0.3) is 5.91 Å². The molecule has 0 fully saturated rings. The number of nitrogens with one attached hydrogen (secondary N) is 1. The number of methoxy groups -OCH3 is 1. The Morgan fingerprint density at radius 2 is 1.79 bits per heavy atom. The van der Waals surface area contributed by atoms with Gasteiger partial charge in [-0.2, -0.15) is 8.78 Å². The van der Waals surface area contributed by atoms with Gasteiger partial charge in [0.15, 0.2) is 18.1 Å². The highest BCUT2D eigenvalue weighted by Crippen LogP contribution is 2.30. The van der Waals surface area contributed by atoms with E-state index in [1.54, 1.807) is 38.3 Å². The lowest BCUT2D eigenvalue weighted by Gasteiger charge is -2.12. The number of hydrogen-bond acceptors (Lipinski definition) is 6. The van der Waals surface area contributed by atoms with Crippen LogP contribution < -0.4 is 19.5 Å². The summed E-state index contributed by atoms with van der Waals surface area (Å²) in [6, 6.07) is 10.8. The Bertz CT molecular complexity index is 826. The van der Waals surface area contributed by atoms with Crippen molar-refractivity contribution in [2.75, 3.05) is 20.3 Å². The van der Waals surface area contributed by atoms with Crippen LogP contribution in [0.15, 0.2) is 42.5 Å². The molecule has 0 aromatic heterocycles. The summed E-state index contributed by atoms with van der Waals surface area (Å²) >= 11 is 0. The summed E-state index contributed by atoms with van der Waals surface area (Å²) in [5.74, 6) is -0.807. The maximum atomic E-state index is 12.4. The van der Waals surface area contributed by atoms with Crippen molar-refractivity contribution in [2.24, 2.45) is 0 Å². The number of amides is 1. The van der Waals surface area contributed by atoms with Crippen molar-refractivity contribution in [3.63, 3.8) is 0 Å². The molecule has 0 aliphatic rings. The molecule has 0 radical (unpaired) electrons. The van der Waals surface area contributed by atoms with E-state index in [0.717, 1.165) is 5.56 Å². The molecule has 0 saturated heterocycles. The number of rotatable bonds is 10. The van der Waals surface area contributed by atoms with Crippen LogP contribution in [0.4, 0.5) is 8.78 Å². The Hall–Kier alpha value is -3.36. The van der Waals surface area contributed by atoms with Crippen molar-refractivity contribution in [3.8, 4) is 17.2 Å². The van der Waals surface area contributed by atoms with Gasteiger partial charge < -0.3 is 24.3 Å². The number of benzene rings is 2. The molecule has 0 bridgehead atoms. The van der Waals surface area contributed by atoms with Crippen LogP contribution in [0.2, 0.25) is 0 Å². The number of esters is 1. The summed E-state index contributed by atoms with van der Waals surface area (Å²) in [6.45, 7) is -1.42. The van der Waals surface area contributed by atoms with E-state index in [-0.39, 0.29) is 30.2 Å². The molecule has 2 aromatic carbocycles. The molecule has 0 saturated carbocycles. The third-order valence-electron chi connectivity index (χ3n) is 3.68. The quantitative estimate of drug-likeness (QED) is 0.607. The molecule has 1 N–H and O–H groups in total. The predicted octanol–water partition coefficient (Wildman–Crippen LogP) is 3.17. The molecule has 7 nitrogen and oxygen atoms in total. The topological polar surface area (TPSA) is 83.1 Å². The van der Waals surface area contributed by atoms with Crippen molar-refractivity contribution in [2.45, 2.75) is 20.1 Å². The standard InChI is InChI=1S/C20H21F2NO6/c1-3-27-17-10-14(6-9-16(17)29-20(21)22)19(25)28-12-18(24)23-11-13-4-7-15(26-2)8-5-13/h4-10,20H,3,11-12H2,1-2H3,(H,23,24). The third kappa shape index (κ3) is 6.95. The number of halogens is 2. The van der Waals surface area contributed by atoms with E-state index < -0.39 is 25.1 Å². The average molecular weight is 409 g/mol. The molecule has 9 heteroatoms. The molecule has 0 heterocycles. The van der Waals surface area contributed by atoms with Crippen molar-refractivity contribution in [1.82, 2.24) is 5.32 Å². The van der Waals surface area contributed by atoms with Gasteiger partial charge in [-0.1, -0.05) is 12.1 Å². The maximum Gasteiger partial charge on any atom is 0.387 e. The fraction of sp³-hybridized carbons (Fsp3) is 0.300. The molecule has 29 heavy (non-hydrogen) atoms. The normalized spacial score (nSPS) is 10.4. The number of ether oxygens (including phenoxy) is 4.